The van der Waals surface area contributed by atoms with E-state index in [-0.39, 0.29) is 10.6 Å². The van der Waals surface area contributed by atoms with Crippen molar-refractivity contribution < 1.29 is 22.3 Å². The van der Waals surface area contributed by atoms with E-state index >= 15 is 0 Å². The predicted molar refractivity (Wildman–Crippen MR) is 97.3 cm³/mol. The minimum absolute atomic E-state index is 0.0283. The number of carbonyl (C=O) groups is 1. The number of carbonyl (C=O) groups excluding carboxylic acids is 1. The van der Waals surface area contributed by atoms with Gasteiger partial charge in [0.2, 0.25) is 10.0 Å². The first-order chi connectivity index (χ1) is 12.1. The topological polar surface area (TPSA) is 75.7 Å². The first-order valence-corrected chi connectivity index (χ1v) is 9.28. The van der Waals surface area contributed by atoms with Gasteiger partial charge < -0.3 is 10.1 Å². The Bertz CT molecular complexity index is 927. The summed E-state index contributed by atoms with van der Waals surface area (Å²) in [5.74, 6) is -1.11. The molecule has 0 aliphatic rings. The second-order valence-corrected chi connectivity index (χ2v) is 8.12. The molecule has 0 bridgehead atoms. The molecule has 0 radical (unpaired) electrons. The highest BCUT2D eigenvalue weighted by atomic mass is 32.2. The molecule has 0 spiro atoms. The standard InChI is InChI=1S/C18H21FN2O4S/c1-12-9-14(26(23,24)21(3)4)10-16(13(12)2)20-18(22)11-25-17-8-6-5-7-15(17)19/h5-10H,11H2,1-4H3,(H,20,22). The van der Waals surface area contributed by atoms with Crippen LogP contribution in [-0.4, -0.2) is 39.3 Å². The van der Waals surface area contributed by atoms with Crippen molar-refractivity contribution in [2.24, 2.45) is 0 Å². The van der Waals surface area contributed by atoms with Crippen molar-refractivity contribution in [2.75, 3.05) is 26.0 Å². The van der Waals surface area contributed by atoms with Crippen molar-refractivity contribution >= 4 is 21.6 Å². The summed E-state index contributed by atoms with van der Waals surface area (Å²) in [6, 6.07) is 8.72. The number of anilines is 1. The number of nitrogens with zero attached hydrogens (tertiary/aromatic N) is 1. The number of sulfonamides is 1. The molecule has 26 heavy (non-hydrogen) atoms. The molecule has 0 atom stereocenters. The van der Waals surface area contributed by atoms with Gasteiger partial charge in [-0.2, -0.15) is 0 Å². The fourth-order valence-electron chi connectivity index (χ4n) is 2.21. The lowest BCUT2D eigenvalue weighted by atomic mass is 10.1. The van der Waals surface area contributed by atoms with E-state index < -0.39 is 28.4 Å². The maximum absolute atomic E-state index is 13.5. The summed E-state index contributed by atoms with van der Waals surface area (Å²) in [5.41, 5.74) is 1.83. The molecule has 0 aliphatic heterocycles. The highest BCUT2D eigenvalue weighted by molar-refractivity contribution is 7.89. The number of hydrogen-bond acceptors (Lipinski definition) is 4. The lowest BCUT2D eigenvalue weighted by Gasteiger charge is -2.16. The zero-order valence-electron chi connectivity index (χ0n) is 15.0. The molecule has 2 rings (SSSR count). The fraction of sp³-hybridized carbons (Fsp3) is 0.278. The third-order valence-electron chi connectivity index (χ3n) is 3.89. The maximum atomic E-state index is 13.5. The van der Waals surface area contributed by atoms with Gasteiger partial charge in [-0.05, 0) is 49.2 Å². The van der Waals surface area contributed by atoms with Crippen LogP contribution in [0, 0.1) is 19.7 Å². The van der Waals surface area contributed by atoms with Crippen LogP contribution in [0.25, 0.3) is 0 Å². The molecule has 0 aromatic heterocycles. The van der Waals surface area contributed by atoms with Gasteiger partial charge in [0.1, 0.15) is 0 Å². The van der Waals surface area contributed by atoms with Gasteiger partial charge in [-0.25, -0.2) is 17.1 Å². The number of halogens is 1. The van der Waals surface area contributed by atoms with Crippen LogP contribution in [0.5, 0.6) is 5.75 Å². The van der Waals surface area contributed by atoms with Gasteiger partial charge in [-0.15, -0.1) is 0 Å². The molecule has 8 heteroatoms. The summed E-state index contributed by atoms with van der Waals surface area (Å²) >= 11 is 0. The van der Waals surface area contributed by atoms with Crippen LogP contribution in [0.4, 0.5) is 10.1 Å². The number of ether oxygens (including phenoxy) is 1. The number of benzene rings is 2. The molecule has 0 aliphatic carbocycles. The van der Waals surface area contributed by atoms with Gasteiger partial charge in [0.15, 0.2) is 18.2 Å². The Labute approximate surface area is 152 Å². The minimum Gasteiger partial charge on any atom is -0.481 e. The van der Waals surface area contributed by atoms with Gasteiger partial charge in [-0.3, -0.25) is 4.79 Å². The van der Waals surface area contributed by atoms with Crippen molar-refractivity contribution in [1.29, 1.82) is 0 Å². The van der Waals surface area contributed by atoms with Crippen LogP contribution in [0.15, 0.2) is 41.3 Å². The van der Waals surface area contributed by atoms with Crippen molar-refractivity contribution in [3.63, 3.8) is 0 Å². The number of para-hydroxylation sites is 1. The summed E-state index contributed by atoms with van der Waals surface area (Å²) in [7, 11) is -0.763. The van der Waals surface area contributed by atoms with E-state index in [1.807, 2.05) is 0 Å². The predicted octanol–water partition coefficient (Wildman–Crippen LogP) is 2.71. The second kappa shape index (κ2) is 7.84. The Balaban J connectivity index is 2.19. The van der Waals surface area contributed by atoms with Crippen LogP contribution in [0.1, 0.15) is 11.1 Å². The van der Waals surface area contributed by atoms with E-state index in [2.05, 4.69) is 5.32 Å². The lowest BCUT2D eigenvalue weighted by molar-refractivity contribution is -0.118. The molecule has 2 aromatic carbocycles. The van der Waals surface area contributed by atoms with E-state index in [0.717, 1.165) is 15.4 Å². The maximum Gasteiger partial charge on any atom is 0.262 e. The molecule has 140 valence electrons. The smallest absolute Gasteiger partial charge is 0.262 e. The summed E-state index contributed by atoms with van der Waals surface area (Å²) in [5, 5.41) is 2.62. The van der Waals surface area contributed by atoms with E-state index in [9.17, 15) is 17.6 Å². The fourth-order valence-corrected chi connectivity index (χ4v) is 3.22. The van der Waals surface area contributed by atoms with E-state index in [0.29, 0.717) is 5.69 Å². The summed E-state index contributed by atoms with van der Waals surface area (Å²) in [4.78, 5) is 12.2. The Morgan fingerprint density at radius 1 is 1.19 bits per heavy atom. The average Bonchev–Trinajstić information content (AvgIpc) is 2.57. The van der Waals surface area contributed by atoms with Crippen LogP contribution in [0.3, 0.4) is 0 Å². The van der Waals surface area contributed by atoms with Gasteiger partial charge in [-0.1, -0.05) is 12.1 Å². The Morgan fingerprint density at radius 3 is 2.46 bits per heavy atom. The Hall–Kier alpha value is -2.45. The molecular formula is C18H21FN2O4S. The number of amides is 1. The number of aryl methyl sites for hydroxylation is 1. The normalized spacial score (nSPS) is 11.5. The van der Waals surface area contributed by atoms with E-state index in [4.69, 9.17) is 4.74 Å². The van der Waals surface area contributed by atoms with Crippen molar-refractivity contribution in [3.8, 4) is 5.75 Å². The summed E-state index contributed by atoms with van der Waals surface area (Å²) in [6.07, 6.45) is 0. The highest BCUT2D eigenvalue weighted by Gasteiger charge is 2.20. The van der Waals surface area contributed by atoms with Gasteiger partial charge in [0.25, 0.3) is 5.91 Å². The van der Waals surface area contributed by atoms with Crippen LogP contribution < -0.4 is 10.1 Å². The summed E-state index contributed by atoms with van der Waals surface area (Å²) in [6.45, 7) is 3.13. The van der Waals surface area contributed by atoms with Gasteiger partial charge >= 0.3 is 0 Å². The molecule has 0 saturated carbocycles. The third kappa shape index (κ3) is 4.39. The molecule has 0 unspecified atom stereocenters. The number of hydrogen-bond donors (Lipinski definition) is 1. The molecule has 1 amide bonds. The van der Waals surface area contributed by atoms with Gasteiger partial charge in [0, 0.05) is 19.8 Å². The minimum atomic E-state index is -3.63. The van der Waals surface area contributed by atoms with Gasteiger partial charge in [0.05, 0.1) is 4.90 Å². The number of rotatable bonds is 6. The number of nitrogens with one attached hydrogen (secondary N) is 1. The average molecular weight is 380 g/mol. The van der Waals surface area contributed by atoms with Crippen molar-refractivity contribution in [1.82, 2.24) is 4.31 Å². The molecule has 2 aromatic rings. The second-order valence-electron chi connectivity index (χ2n) is 5.97. The van der Waals surface area contributed by atoms with Crippen molar-refractivity contribution in [2.45, 2.75) is 18.7 Å². The first-order valence-electron chi connectivity index (χ1n) is 7.84. The monoisotopic (exact) mass is 380 g/mol. The molecular weight excluding hydrogens is 359 g/mol. The molecule has 1 N–H and O–H groups in total. The first kappa shape index (κ1) is 19.9. The SMILES string of the molecule is Cc1cc(S(=O)(=O)N(C)C)cc(NC(=O)COc2ccccc2F)c1C. The summed E-state index contributed by atoms with van der Waals surface area (Å²) < 4.78 is 44.4. The molecule has 0 saturated heterocycles. The Morgan fingerprint density at radius 2 is 1.85 bits per heavy atom. The molecule has 0 fully saturated rings. The largest absolute Gasteiger partial charge is 0.481 e. The zero-order chi connectivity index (χ0) is 19.5. The van der Waals surface area contributed by atoms with E-state index in [1.54, 1.807) is 26.0 Å². The zero-order valence-corrected chi connectivity index (χ0v) is 15.9. The molecule has 6 nitrogen and oxygen atoms in total. The van der Waals surface area contributed by atoms with Crippen LogP contribution >= 0.6 is 0 Å². The van der Waals surface area contributed by atoms with Crippen LogP contribution in [0.2, 0.25) is 0 Å². The molecule has 0 heterocycles. The third-order valence-corrected chi connectivity index (χ3v) is 5.68. The Kier molecular flexibility index (Phi) is 5.99. The highest BCUT2D eigenvalue weighted by Crippen LogP contribution is 2.25. The van der Waals surface area contributed by atoms with Crippen LogP contribution in [-0.2, 0) is 14.8 Å². The quantitative estimate of drug-likeness (QED) is 0.836. The lowest BCUT2D eigenvalue weighted by Crippen LogP contribution is -2.24. The van der Waals surface area contributed by atoms with E-state index in [1.165, 1.54) is 38.4 Å². The van der Waals surface area contributed by atoms with Crippen molar-refractivity contribution in [3.05, 3.63) is 53.3 Å².